The average Bonchev–Trinajstić information content (AvgIpc) is 2.81. The number of nitrogens with zero attached hydrogens (tertiary/aromatic N) is 1. The molecule has 0 unspecified atom stereocenters. The predicted octanol–water partition coefficient (Wildman–Crippen LogP) is 3.09. The first-order valence-corrected chi connectivity index (χ1v) is 5.78. The summed E-state index contributed by atoms with van der Waals surface area (Å²) in [6.45, 7) is 0. The van der Waals surface area contributed by atoms with Gasteiger partial charge in [-0.05, 0) is 0 Å². The monoisotopic (exact) mass is 288 g/mol. The summed E-state index contributed by atoms with van der Waals surface area (Å²) in [5, 5.41) is 2.44. The van der Waals surface area contributed by atoms with Crippen molar-refractivity contribution in [3.05, 3.63) is 40.7 Å². The molecule has 0 amide bonds. The van der Waals surface area contributed by atoms with Crippen molar-refractivity contribution in [1.29, 1.82) is 0 Å². The standard InChI is InChI=1S/C11H7F3N2O2S/c1-18-10(17)8-4-15-11(19-8)16-9-6(13)2-5(12)3-7(9)14/h2-4H,1H3,(H,15,16). The van der Waals surface area contributed by atoms with Gasteiger partial charge in [-0.1, -0.05) is 11.3 Å². The Kier molecular flexibility index (Phi) is 3.70. The lowest BCUT2D eigenvalue weighted by atomic mass is 10.3. The van der Waals surface area contributed by atoms with Crippen LogP contribution >= 0.6 is 11.3 Å². The zero-order chi connectivity index (χ0) is 14.0. The van der Waals surface area contributed by atoms with E-state index < -0.39 is 29.1 Å². The molecule has 100 valence electrons. The number of nitrogens with one attached hydrogen (secondary N) is 1. The van der Waals surface area contributed by atoms with Crippen molar-refractivity contribution in [2.75, 3.05) is 12.4 Å². The summed E-state index contributed by atoms with van der Waals surface area (Å²) in [6, 6.07) is 1.08. The molecule has 1 heterocycles. The number of esters is 1. The fourth-order valence-electron chi connectivity index (χ4n) is 1.30. The Balaban J connectivity index is 2.27. The summed E-state index contributed by atoms with van der Waals surface area (Å²) in [5.41, 5.74) is -0.535. The van der Waals surface area contributed by atoms with Crippen LogP contribution in [0.15, 0.2) is 18.3 Å². The molecular weight excluding hydrogens is 281 g/mol. The van der Waals surface area contributed by atoms with Crippen molar-refractivity contribution >= 4 is 28.1 Å². The second-order valence-electron chi connectivity index (χ2n) is 3.39. The Labute approximate surface area is 109 Å². The zero-order valence-electron chi connectivity index (χ0n) is 9.54. The van der Waals surface area contributed by atoms with Crippen molar-refractivity contribution in [1.82, 2.24) is 4.98 Å². The molecule has 0 aliphatic carbocycles. The number of anilines is 2. The topological polar surface area (TPSA) is 51.2 Å². The number of hydrogen-bond donors (Lipinski definition) is 1. The lowest BCUT2D eigenvalue weighted by molar-refractivity contribution is 0.0606. The molecule has 8 heteroatoms. The number of carbonyl (C=O) groups excluding carboxylic acids is 1. The SMILES string of the molecule is COC(=O)c1cnc(Nc2c(F)cc(F)cc2F)s1. The molecular formula is C11H7F3N2O2S. The van der Waals surface area contributed by atoms with Gasteiger partial charge in [0.25, 0.3) is 0 Å². The minimum absolute atomic E-state index is 0.0878. The third kappa shape index (κ3) is 2.84. The second-order valence-corrected chi connectivity index (χ2v) is 4.42. The molecule has 19 heavy (non-hydrogen) atoms. The molecule has 1 N–H and O–H groups in total. The van der Waals surface area contributed by atoms with E-state index in [2.05, 4.69) is 15.0 Å². The lowest BCUT2D eigenvalue weighted by Crippen LogP contribution is -1.98. The smallest absolute Gasteiger partial charge is 0.349 e. The number of halogens is 3. The Hall–Kier alpha value is -2.09. The number of rotatable bonds is 3. The number of methoxy groups -OCH3 is 1. The van der Waals surface area contributed by atoms with Gasteiger partial charge in [-0.15, -0.1) is 0 Å². The molecule has 0 saturated carbocycles. The van der Waals surface area contributed by atoms with Crippen LogP contribution in [-0.2, 0) is 4.74 Å². The Bertz CT molecular complexity index is 607. The van der Waals surface area contributed by atoms with Crippen LogP contribution in [0.4, 0.5) is 24.0 Å². The van der Waals surface area contributed by atoms with Crippen LogP contribution in [0.3, 0.4) is 0 Å². The maximum atomic E-state index is 13.4. The van der Waals surface area contributed by atoms with Crippen molar-refractivity contribution in [2.24, 2.45) is 0 Å². The average molecular weight is 288 g/mol. The van der Waals surface area contributed by atoms with Crippen LogP contribution in [0.5, 0.6) is 0 Å². The van der Waals surface area contributed by atoms with E-state index in [0.29, 0.717) is 12.1 Å². The number of thiazole rings is 1. The lowest BCUT2D eigenvalue weighted by Gasteiger charge is -2.05. The molecule has 0 fully saturated rings. The van der Waals surface area contributed by atoms with E-state index in [4.69, 9.17) is 0 Å². The molecule has 0 spiro atoms. The van der Waals surface area contributed by atoms with E-state index in [-0.39, 0.29) is 10.0 Å². The minimum Gasteiger partial charge on any atom is -0.465 e. The number of hydrogen-bond acceptors (Lipinski definition) is 5. The molecule has 1 aromatic heterocycles. The highest BCUT2D eigenvalue weighted by molar-refractivity contribution is 7.17. The fourth-order valence-corrected chi connectivity index (χ4v) is 2.03. The van der Waals surface area contributed by atoms with Gasteiger partial charge in [0, 0.05) is 12.1 Å². The molecule has 0 aliphatic heterocycles. The van der Waals surface area contributed by atoms with E-state index >= 15 is 0 Å². The molecule has 0 aliphatic rings. The highest BCUT2D eigenvalue weighted by Crippen LogP contribution is 2.27. The van der Waals surface area contributed by atoms with Crippen molar-refractivity contribution in [2.45, 2.75) is 0 Å². The first-order valence-electron chi connectivity index (χ1n) is 4.97. The molecule has 0 bridgehead atoms. The van der Waals surface area contributed by atoms with Gasteiger partial charge >= 0.3 is 5.97 Å². The third-order valence-corrected chi connectivity index (χ3v) is 3.02. The van der Waals surface area contributed by atoms with Gasteiger partial charge in [-0.3, -0.25) is 0 Å². The van der Waals surface area contributed by atoms with Gasteiger partial charge in [0.05, 0.1) is 13.3 Å². The summed E-state index contributed by atoms with van der Waals surface area (Å²) in [7, 11) is 1.20. The van der Waals surface area contributed by atoms with E-state index in [0.717, 1.165) is 11.3 Å². The molecule has 0 atom stereocenters. The first-order chi connectivity index (χ1) is 9.01. The number of ether oxygens (including phenoxy) is 1. The van der Waals surface area contributed by atoms with E-state index in [1.54, 1.807) is 0 Å². The fraction of sp³-hybridized carbons (Fsp3) is 0.0909. The maximum Gasteiger partial charge on any atom is 0.349 e. The van der Waals surface area contributed by atoms with Crippen LogP contribution in [0.1, 0.15) is 9.67 Å². The number of benzene rings is 1. The minimum atomic E-state index is -1.09. The highest BCUT2D eigenvalue weighted by Gasteiger charge is 2.15. The molecule has 2 rings (SSSR count). The molecule has 0 radical (unpaired) electrons. The molecule has 0 saturated heterocycles. The van der Waals surface area contributed by atoms with Crippen LogP contribution < -0.4 is 5.32 Å². The zero-order valence-corrected chi connectivity index (χ0v) is 10.4. The first kappa shape index (κ1) is 13.3. The van der Waals surface area contributed by atoms with Crippen LogP contribution in [0, 0.1) is 17.5 Å². The van der Waals surface area contributed by atoms with Crippen LogP contribution in [0.2, 0.25) is 0 Å². The highest BCUT2D eigenvalue weighted by atomic mass is 32.1. The Morgan fingerprint density at radius 1 is 1.32 bits per heavy atom. The summed E-state index contributed by atoms with van der Waals surface area (Å²) < 4.78 is 43.9. The summed E-state index contributed by atoms with van der Waals surface area (Å²) >= 11 is 0.858. The summed E-state index contributed by atoms with van der Waals surface area (Å²) in [4.78, 5) is 15.1. The largest absolute Gasteiger partial charge is 0.465 e. The van der Waals surface area contributed by atoms with E-state index in [1.165, 1.54) is 13.3 Å². The van der Waals surface area contributed by atoms with Gasteiger partial charge in [0.15, 0.2) is 16.8 Å². The number of aromatic nitrogens is 1. The van der Waals surface area contributed by atoms with Crippen molar-refractivity contribution < 1.29 is 22.7 Å². The van der Waals surface area contributed by atoms with Crippen LogP contribution in [0.25, 0.3) is 0 Å². The quantitative estimate of drug-likeness (QED) is 0.882. The van der Waals surface area contributed by atoms with E-state index in [1.807, 2.05) is 0 Å². The molecule has 1 aromatic carbocycles. The van der Waals surface area contributed by atoms with Gasteiger partial charge in [-0.25, -0.2) is 22.9 Å². The number of carbonyl (C=O) groups is 1. The molecule has 4 nitrogen and oxygen atoms in total. The van der Waals surface area contributed by atoms with Gasteiger partial charge in [0.1, 0.15) is 16.4 Å². The van der Waals surface area contributed by atoms with Crippen molar-refractivity contribution in [3.8, 4) is 0 Å². The summed E-state index contributed by atoms with van der Waals surface area (Å²) in [6.07, 6.45) is 1.21. The van der Waals surface area contributed by atoms with Gasteiger partial charge < -0.3 is 10.1 Å². The predicted molar refractivity (Wildman–Crippen MR) is 63.1 cm³/mol. The normalized spacial score (nSPS) is 10.3. The van der Waals surface area contributed by atoms with Gasteiger partial charge in [0.2, 0.25) is 0 Å². The third-order valence-electron chi connectivity index (χ3n) is 2.13. The van der Waals surface area contributed by atoms with Crippen LogP contribution in [-0.4, -0.2) is 18.1 Å². The van der Waals surface area contributed by atoms with E-state index in [9.17, 15) is 18.0 Å². The Morgan fingerprint density at radius 3 is 2.53 bits per heavy atom. The Morgan fingerprint density at radius 2 is 1.95 bits per heavy atom. The second kappa shape index (κ2) is 5.27. The van der Waals surface area contributed by atoms with Crippen molar-refractivity contribution in [3.63, 3.8) is 0 Å². The maximum absolute atomic E-state index is 13.4. The summed E-state index contributed by atoms with van der Waals surface area (Å²) in [5.74, 6) is -3.81. The molecule has 2 aromatic rings. The van der Waals surface area contributed by atoms with Gasteiger partial charge in [-0.2, -0.15) is 0 Å².